The highest BCUT2D eigenvalue weighted by Crippen LogP contribution is 2.27. The Kier molecular flexibility index (Phi) is 4.11. The van der Waals surface area contributed by atoms with Gasteiger partial charge < -0.3 is 0 Å². The van der Waals surface area contributed by atoms with Gasteiger partial charge in [-0.25, -0.2) is 0 Å². The molecular formula is C14H16N4OS. The molecule has 0 aliphatic heterocycles. The number of rotatable bonds is 5. The third-order valence-electron chi connectivity index (χ3n) is 3.57. The average Bonchev–Trinajstić information content (AvgIpc) is 3.10. The van der Waals surface area contributed by atoms with Crippen molar-refractivity contribution in [1.29, 1.82) is 0 Å². The normalized spacial score (nSPS) is 18.6. The summed E-state index contributed by atoms with van der Waals surface area (Å²) in [4.78, 5) is 11.6. The molecule has 0 radical (unpaired) electrons. The van der Waals surface area contributed by atoms with Gasteiger partial charge in [0.1, 0.15) is 5.78 Å². The fraction of sp³-hybridized carbons (Fsp3) is 0.429. The Morgan fingerprint density at radius 3 is 2.90 bits per heavy atom. The van der Waals surface area contributed by atoms with Crippen LogP contribution in [0.15, 0.2) is 35.5 Å². The standard InChI is InChI=1S/C14H16N4OS/c19-13-8-4-5-11(13)9-10-20-14-15-16-17-18(14)12-6-2-1-3-7-12/h1-3,6-7,11H,4-5,8-10H2. The second kappa shape index (κ2) is 6.17. The SMILES string of the molecule is O=C1CCCC1CCSc1nnnn1-c1ccccc1. The third kappa shape index (κ3) is 2.90. The van der Waals surface area contributed by atoms with E-state index >= 15 is 0 Å². The van der Waals surface area contributed by atoms with Gasteiger partial charge in [0.05, 0.1) is 5.69 Å². The Labute approximate surface area is 121 Å². The summed E-state index contributed by atoms with van der Waals surface area (Å²) in [5.41, 5.74) is 0.956. The van der Waals surface area contributed by atoms with E-state index in [0.29, 0.717) is 5.78 Å². The molecule has 5 nitrogen and oxygen atoms in total. The van der Waals surface area contributed by atoms with Gasteiger partial charge in [-0.1, -0.05) is 30.0 Å². The fourth-order valence-corrected chi connectivity index (χ4v) is 3.43. The van der Waals surface area contributed by atoms with Crippen molar-refractivity contribution in [2.24, 2.45) is 5.92 Å². The summed E-state index contributed by atoms with van der Waals surface area (Å²) in [6.45, 7) is 0. The van der Waals surface area contributed by atoms with E-state index < -0.39 is 0 Å². The zero-order chi connectivity index (χ0) is 13.8. The molecular weight excluding hydrogens is 272 g/mol. The third-order valence-corrected chi connectivity index (χ3v) is 4.52. The lowest BCUT2D eigenvalue weighted by atomic mass is 10.1. The minimum absolute atomic E-state index is 0.253. The van der Waals surface area contributed by atoms with Crippen LogP contribution in [0.1, 0.15) is 25.7 Å². The number of carbonyl (C=O) groups is 1. The molecule has 1 atom stereocenters. The van der Waals surface area contributed by atoms with Crippen LogP contribution < -0.4 is 0 Å². The van der Waals surface area contributed by atoms with Crippen molar-refractivity contribution in [3.05, 3.63) is 30.3 Å². The molecule has 1 aliphatic carbocycles. The number of Topliss-reactive ketones (excluding diaryl/α,β-unsaturated/α-hetero) is 1. The van der Waals surface area contributed by atoms with Crippen molar-refractivity contribution in [2.75, 3.05) is 5.75 Å². The first-order valence-electron chi connectivity index (χ1n) is 6.84. The van der Waals surface area contributed by atoms with Gasteiger partial charge in [0.25, 0.3) is 0 Å². The highest BCUT2D eigenvalue weighted by atomic mass is 32.2. The molecule has 2 aromatic rings. The molecule has 0 saturated heterocycles. The molecule has 1 aliphatic rings. The number of carbonyl (C=O) groups excluding carboxylic acids is 1. The lowest BCUT2D eigenvalue weighted by molar-refractivity contribution is -0.120. The van der Waals surface area contributed by atoms with E-state index in [0.717, 1.165) is 42.3 Å². The topological polar surface area (TPSA) is 60.7 Å². The lowest BCUT2D eigenvalue weighted by Crippen LogP contribution is -2.07. The predicted octanol–water partition coefficient (Wildman–Crippen LogP) is 2.51. The summed E-state index contributed by atoms with van der Waals surface area (Å²) in [6, 6.07) is 9.83. The van der Waals surface area contributed by atoms with E-state index in [9.17, 15) is 4.79 Å². The highest BCUT2D eigenvalue weighted by Gasteiger charge is 2.24. The first kappa shape index (κ1) is 13.3. The Morgan fingerprint density at radius 1 is 1.30 bits per heavy atom. The second-order valence-corrected chi connectivity index (χ2v) is 5.96. The molecule has 1 fully saturated rings. The number of para-hydroxylation sites is 1. The average molecular weight is 288 g/mol. The van der Waals surface area contributed by atoms with Crippen molar-refractivity contribution in [2.45, 2.75) is 30.8 Å². The van der Waals surface area contributed by atoms with Crippen molar-refractivity contribution in [1.82, 2.24) is 20.2 Å². The first-order valence-corrected chi connectivity index (χ1v) is 7.82. The highest BCUT2D eigenvalue weighted by molar-refractivity contribution is 7.99. The van der Waals surface area contributed by atoms with E-state index in [4.69, 9.17) is 0 Å². The summed E-state index contributed by atoms with van der Waals surface area (Å²) in [7, 11) is 0. The first-order chi connectivity index (χ1) is 9.84. The number of hydrogen-bond acceptors (Lipinski definition) is 5. The Balaban J connectivity index is 1.61. The Morgan fingerprint density at radius 2 is 2.15 bits per heavy atom. The lowest BCUT2D eigenvalue weighted by Gasteiger charge is -2.07. The second-order valence-electron chi connectivity index (χ2n) is 4.90. The summed E-state index contributed by atoms with van der Waals surface area (Å²) >= 11 is 1.61. The van der Waals surface area contributed by atoms with Gasteiger partial charge in [-0.2, -0.15) is 4.68 Å². The molecule has 0 amide bonds. The smallest absolute Gasteiger partial charge is 0.214 e. The van der Waals surface area contributed by atoms with Crippen molar-refractivity contribution in [3.8, 4) is 5.69 Å². The van der Waals surface area contributed by atoms with Crippen LogP contribution in [0.4, 0.5) is 0 Å². The van der Waals surface area contributed by atoms with Gasteiger partial charge in [-0.05, 0) is 41.8 Å². The monoisotopic (exact) mass is 288 g/mol. The van der Waals surface area contributed by atoms with E-state index in [1.807, 2.05) is 30.3 Å². The van der Waals surface area contributed by atoms with Gasteiger partial charge in [0.15, 0.2) is 0 Å². The quantitative estimate of drug-likeness (QED) is 0.791. The zero-order valence-electron chi connectivity index (χ0n) is 11.1. The zero-order valence-corrected chi connectivity index (χ0v) is 11.9. The van der Waals surface area contributed by atoms with Crippen LogP contribution in [0.5, 0.6) is 0 Å². The maximum absolute atomic E-state index is 11.6. The number of nitrogens with zero attached hydrogens (tertiary/aromatic N) is 4. The number of thioether (sulfide) groups is 1. The largest absolute Gasteiger partial charge is 0.299 e. The van der Waals surface area contributed by atoms with Crippen molar-refractivity contribution >= 4 is 17.5 Å². The molecule has 6 heteroatoms. The van der Waals surface area contributed by atoms with E-state index in [1.165, 1.54) is 0 Å². The predicted molar refractivity (Wildman–Crippen MR) is 76.8 cm³/mol. The fourth-order valence-electron chi connectivity index (χ4n) is 2.49. The molecule has 3 rings (SSSR count). The van der Waals surface area contributed by atoms with Crippen LogP contribution in [-0.4, -0.2) is 31.7 Å². The van der Waals surface area contributed by atoms with Crippen molar-refractivity contribution in [3.63, 3.8) is 0 Å². The maximum Gasteiger partial charge on any atom is 0.214 e. The Hall–Kier alpha value is -1.69. The molecule has 104 valence electrons. The van der Waals surface area contributed by atoms with E-state index in [1.54, 1.807) is 16.4 Å². The van der Waals surface area contributed by atoms with Crippen molar-refractivity contribution < 1.29 is 4.79 Å². The number of ketones is 1. The van der Waals surface area contributed by atoms with Gasteiger partial charge in [-0.3, -0.25) is 4.79 Å². The van der Waals surface area contributed by atoms with E-state index in [2.05, 4.69) is 15.5 Å². The molecule has 1 aromatic carbocycles. The molecule has 0 spiro atoms. The molecule has 1 heterocycles. The van der Waals surface area contributed by atoms with Crippen LogP contribution in [-0.2, 0) is 4.79 Å². The molecule has 1 unspecified atom stereocenters. The summed E-state index contributed by atoms with van der Waals surface area (Å²) in [6.07, 6.45) is 3.78. The summed E-state index contributed by atoms with van der Waals surface area (Å²) in [5, 5.41) is 12.6. The number of tetrazole rings is 1. The minimum atomic E-state index is 0.253. The Bertz CT molecular complexity index is 584. The summed E-state index contributed by atoms with van der Waals surface area (Å²) in [5.74, 6) is 1.56. The van der Waals surface area contributed by atoms with E-state index in [-0.39, 0.29) is 5.92 Å². The molecule has 1 aromatic heterocycles. The number of benzene rings is 1. The number of aromatic nitrogens is 4. The van der Waals surface area contributed by atoms with Crippen LogP contribution in [0.2, 0.25) is 0 Å². The summed E-state index contributed by atoms with van der Waals surface area (Å²) < 4.78 is 1.74. The maximum atomic E-state index is 11.6. The minimum Gasteiger partial charge on any atom is -0.299 e. The molecule has 0 bridgehead atoms. The van der Waals surface area contributed by atoms with Gasteiger partial charge in [0, 0.05) is 18.1 Å². The van der Waals surface area contributed by atoms with Gasteiger partial charge in [-0.15, -0.1) is 5.10 Å². The molecule has 0 N–H and O–H groups in total. The molecule has 20 heavy (non-hydrogen) atoms. The van der Waals surface area contributed by atoms with Crippen LogP contribution >= 0.6 is 11.8 Å². The van der Waals surface area contributed by atoms with Gasteiger partial charge in [0.2, 0.25) is 5.16 Å². The van der Waals surface area contributed by atoms with Crippen LogP contribution in [0.25, 0.3) is 5.69 Å². The van der Waals surface area contributed by atoms with Crippen LogP contribution in [0.3, 0.4) is 0 Å². The molecule has 1 saturated carbocycles. The van der Waals surface area contributed by atoms with Gasteiger partial charge >= 0.3 is 0 Å². The van der Waals surface area contributed by atoms with Crippen LogP contribution in [0, 0.1) is 5.92 Å². The number of hydrogen-bond donors (Lipinski definition) is 0.